The fourth-order valence-electron chi connectivity index (χ4n) is 2.16. The van der Waals surface area contributed by atoms with Gasteiger partial charge in [0.05, 0.1) is 11.0 Å². The van der Waals surface area contributed by atoms with Gasteiger partial charge in [-0.05, 0) is 31.0 Å². The maximum Gasteiger partial charge on any atom is 0.297 e. The zero-order valence-electron chi connectivity index (χ0n) is 10.8. The summed E-state index contributed by atoms with van der Waals surface area (Å²) >= 11 is 0. The van der Waals surface area contributed by atoms with Crippen molar-refractivity contribution in [1.29, 1.82) is 0 Å². The van der Waals surface area contributed by atoms with Crippen molar-refractivity contribution in [2.45, 2.75) is 36.7 Å². The van der Waals surface area contributed by atoms with Gasteiger partial charge >= 0.3 is 0 Å². The second-order valence-electron chi connectivity index (χ2n) is 4.56. The van der Waals surface area contributed by atoms with Gasteiger partial charge in [0.2, 0.25) is 0 Å². The largest absolute Gasteiger partial charge is 0.355 e. The Labute approximate surface area is 113 Å². The number of amides is 1. The molecular formula is C13H17NO4S. The second kappa shape index (κ2) is 5.71. The first-order valence-corrected chi connectivity index (χ1v) is 7.69. The Morgan fingerprint density at radius 2 is 2.00 bits per heavy atom. The van der Waals surface area contributed by atoms with Gasteiger partial charge in [-0.1, -0.05) is 18.9 Å². The molecular weight excluding hydrogens is 266 g/mol. The van der Waals surface area contributed by atoms with Crippen LogP contribution in [0, 0.1) is 0 Å². The Kier molecular flexibility index (Phi) is 4.21. The van der Waals surface area contributed by atoms with E-state index in [0.717, 1.165) is 25.7 Å². The van der Waals surface area contributed by atoms with E-state index in [1.54, 1.807) is 6.07 Å². The van der Waals surface area contributed by atoms with Crippen molar-refractivity contribution in [2.75, 3.05) is 7.05 Å². The van der Waals surface area contributed by atoms with Gasteiger partial charge in [-0.2, -0.15) is 8.42 Å². The number of carbonyl (C=O) groups is 1. The van der Waals surface area contributed by atoms with Crippen LogP contribution in [0.15, 0.2) is 29.2 Å². The quantitative estimate of drug-likeness (QED) is 0.854. The smallest absolute Gasteiger partial charge is 0.297 e. The topological polar surface area (TPSA) is 72.5 Å². The van der Waals surface area contributed by atoms with Crippen molar-refractivity contribution in [3.8, 4) is 0 Å². The third-order valence-electron chi connectivity index (χ3n) is 3.18. The van der Waals surface area contributed by atoms with Crippen LogP contribution in [0.3, 0.4) is 0 Å². The van der Waals surface area contributed by atoms with Crippen molar-refractivity contribution in [3.05, 3.63) is 29.8 Å². The zero-order valence-corrected chi connectivity index (χ0v) is 11.6. The molecule has 5 nitrogen and oxygen atoms in total. The van der Waals surface area contributed by atoms with Crippen LogP contribution in [0.5, 0.6) is 0 Å². The minimum absolute atomic E-state index is 0.0282. The molecule has 1 aromatic rings. The second-order valence-corrected chi connectivity index (χ2v) is 6.14. The zero-order chi connectivity index (χ0) is 13.9. The number of hydrogen-bond acceptors (Lipinski definition) is 4. The summed E-state index contributed by atoms with van der Waals surface area (Å²) in [4.78, 5) is 11.5. The van der Waals surface area contributed by atoms with E-state index in [0.29, 0.717) is 5.56 Å². The summed E-state index contributed by atoms with van der Waals surface area (Å²) in [7, 11) is -2.29. The van der Waals surface area contributed by atoms with E-state index in [1.807, 2.05) is 0 Å². The van der Waals surface area contributed by atoms with Gasteiger partial charge in [-0.3, -0.25) is 8.98 Å². The monoisotopic (exact) mass is 283 g/mol. The van der Waals surface area contributed by atoms with Gasteiger partial charge in [0.15, 0.2) is 0 Å². The molecule has 0 saturated heterocycles. The van der Waals surface area contributed by atoms with E-state index in [1.165, 1.54) is 25.2 Å². The number of hydrogen-bond donors (Lipinski definition) is 1. The molecule has 1 N–H and O–H groups in total. The summed E-state index contributed by atoms with van der Waals surface area (Å²) in [5.74, 6) is -0.321. The molecule has 0 unspecified atom stereocenters. The van der Waals surface area contributed by atoms with Crippen LogP contribution in [0.1, 0.15) is 36.0 Å². The SMILES string of the molecule is CNC(=O)c1cccc(S(=O)(=O)OC2CCCC2)c1. The number of carbonyl (C=O) groups excluding carboxylic acids is 1. The summed E-state index contributed by atoms with van der Waals surface area (Å²) in [6.45, 7) is 0. The van der Waals surface area contributed by atoms with Crippen molar-refractivity contribution in [3.63, 3.8) is 0 Å². The van der Waals surface area contributed by atoms with E-state index >= 15 is 0 Å². The van der Waals surface area contributed by atoms with Crippen LogP contribution in [0.25, 0.3) is 0 Å². The minimum Gasteiger partial charge on any atom is -0.355 e. The number of rotatable bonds is 4. The molecule has 1 aromatic carbocycles. The minimum atomic E-state index is -3.79. The lowest BCUT2D eigenvalue weighted by Crippen LogP contribution is -2.19. The predicted molar refractivity (Wildman–Crippen MR) is 70.4 cm³/mol. The Morgan fingerprint density at radius 3 is 2.63 bits per heavy atom. The number of nitrogens with one attached hydrogen (secondary N) is 1. The molecule has 0 atom stereocenters. The van der Waals surface area contributed by atoms with Crippen LogP contribution in [-0.4, -0.2) is 27.5 Å². The summed E-state index contributed by atoms with van der Waals surface area (Å²) in [6, 6.07) is 5.88. The molecule has 0 bridgehead atoms. The lowest BCUT2D eigenvalue weighted by Gasteiger charge is -2.11. The average molecular weight is 283 g/mol. The van der Waals surface area contributed by atoms with Crippen LogP contribution in [0.4, 0.5) is 0 Å². The van der Waals surface area contributed by atoms with E-state index < -0.39 is 10.1 Å². The van der Waals surface area contributed by atoms with Crippen LogP contribution < -0.4 is 5.32 Å². The fraction of sp³-hybridized carbons (Fsp3) is 0.462. The van der Waals surface area contributed by atoms with E-state index in [9.17, 15) is 13.2 Å². The van der Waals surface area contributed by atoms with E-state index in [4.69, 9.17) is 4.18 Å². The predicted octanol–water partition coefficient (Wildman–Crippen LogP) is 1.69. The highest BCUT2D eigenvalue weighted by molar-refractivity contribution is 7.86. The Morgan fingerprint density at radius 1 is 1.32 bits per heavy atom. The van der Waals surface area contributed by atoms with Crippen molar-refractivity contribution in [2.24, 2.45) is 0 Å². The highest BCUT2D eigenvalue weighted by atomic mass is 32.2. The summed E-state index contributed by atoms with van der Waals surface area (Å²) < 4.78 is 29.4. The van der Waals surface area contributed by atoms with Crippen molar-refractivity contribution >= 4 is 16.0 Å². The molecule has 0 radical (unpaired) electrons. The molecule has 0 aliphatic heterocycles. The van der Waals surface area contributed by atoms with Gasteiger partial charge in [-0.25, -0.2) is 0 Å². The molecule has 6 heteroatoms. The molecule has 1 aliphatic rings. The lowest BCUT2D eigenvalue weighted by atomic mass is 10.2. The molecule has 1 saturated carbocycles. The summed E-state index contributed by atoms with van der Waals surface area (Å²) in [5.41, 5.74) is 0.304. The molecule has 1 amide bonds. The standard InChI is InChI=1S/C13H17NO4S/c1-14-13(15)10-5-4-8-12(9-10)19(16,17)18-11-6-2-3-7-11/h4-5,8-9,11H,2-3,6-7H2,1H3,(H,14,15). The molecule has 1 aliphatic carbocycles. The molecule has 0 spiro atoms. The van der Waals surface area contributed by atoms with Crippen LogP contribution in [-0.2, 0) is 14.3 Å². The van der Waals surface area contributed by atoms with Crippen molar-refractivity contribution in [1.82, 2.24) is 5.32 Å². The maximum absolute atomic E-state index is 12.1. The van der Waals surface area contributed by atoms with Gasteiger partial charge in [0.25, 0.3) is 16.0 Å². The van der Waals surface area contributed by atoms with Crippen LogP contribution in [0.2, 0.25) is 0 Å². The first-order chi connectivity index (χ1) is 9.03. The Bertz CT molecular complexity index is 562. The highest BCUT2D eigenvalue weighted by Gasteiger charge is 2.25. The maximum atomic E-state index is 12.1. The van der Waals surface area contributed by atoms with Gasteiger partial charge in [-0.15, -0.1) is 0 Å². The number of benzene rings is 1. The molecule has 1 fully saturated rings. The van der Waals surface area contributed by atoms with Gasteiger partial charge in [0.1, 0.15) is 0 Å². The third-order valence-corrected chi connectivity index (χ3v) is 4.53. The molecule has 0 aromatic heterocycles. The van der Waals surface area contributed by atoms with Gasteiger partial charge in [0, 0.05) is 12.6 Å². The van der Waals surface area contributed by atoms with Crippen LogP contribution >= 0.6 is 0 Å². The molecule has 0 heterocycles. The fourth-order valence-corrected chi connectivity index (χ4v) is 3.33. The van der Waals surface area contributed by atoms with Gasteiger partial charge < -0.3 is 5.32 Å². The summed E-state index contributed by atoms with van der Waals surface area (Å²) in [5, 5.41) is 2.46. The highest BCUT2D eigenvalue weighted by Crippen LogP contribution is 2.25. The van der Waals surface area contributed by atoms with Crippen molar-refractivity contribution < 1.29 is 17.4 Å². The first kappa shape index (κ1) is 14.0. The van der Waals surface area contributed by atoms with E-state index in [-0.39, 0.29) is 16.9 Å². The molecule has 2 rings (SSSR count). The Balaban J connectivity index is 2.22. The molecule has 19 heavy (non-hydrogen) atoms. The molecule has 104 valence electrons. The van der Waals surface area contributed by atoms with E-state index in [2.05, 4.69) is 5.32 Å². The first-order valence-electron chi connectivity index (χ1n) is 6.28. The summed E-state index contributed by atoms with van der Waals surface area (Å²) in [6.07, 6.45) is 3.31. The average Bonchev–Trinajstić information content (AvgIpc) is 2.90. The lowest BCUT2D eigenvalue weighted by molar-refractivity contribution is 0.0963. The third kappa shape index (κ3) is 3.33. The Hall–Kier alpha value is -1.40. The normalized spacial score (nSPS) is 16.5.